The van der Waals surface area contributed by atoms with E-state index in [-0.39, 0.29) is 0 Å². The van der Waals surface area contributed by atoms with Crippen LogP contribution >= 0.6 is 11.3 Å². The summed E-state index contributed by atoms with van der Waals surface area (Å²) in [5.74, 6) is 1.68. The van der Waals surface area contributed by atoms with Crippen LogP contribution in [0.2, 0.25) is 0 Å². The van der Waals surface area contributed by atoms with Crippen molar-refractivity contribution < 1.29 is 4.74 Å². The van der Waals surface area contributed by atoms with E-state index in [9.17, 15) is 0 Å². The van der Waals surface area contributed by atoms with E-state index in [0.717, 1.165) is 61.9 Å². The van der Waals surface area contributed by atoms with Crippen molar-refractivity contribution in [3.05, 3.63) is 249 Å². The molecule has 3 heteroatoms. The first-order chi connectivity index (χ1) is 34.2. The third kappa shape index (κ3) is 6.39. The summed E-state index contributed by atoms with van der Waals surface area (Å²) in [6, 6.07) is 91.1. The molecule has 0 amide bonds. The highest BCUT2D eigenvalue weighted by atomic mass is 32.1. The quantitative estimate of drug-likeness (QED) is 0.175. The first-order valence-electron chi connectivity index (χ1n) is 23.6. The predicted molar refractivity (Wildman–Crippen MR) is 296 cm³/mol. The fourth-order valence-corrected chi connectivity index (χ4v) is 12.1. The monoisotopic (exact) mass is 895 g/mol. The molecule has 0 atom stereocenters. The van der Waals surface area contributed by atoms with Gasteiger partial charge in [0.2, 0.25) is 0 Å². The average Bonchev–Trinajstić information content (AvgIpc) is 3.72. The highest BCUT2D eigenvalue weighted by Crippen LogP contribution is 2.51. The Kier molecular flexibility index (Phi) is 9.11. The molecule has 0 aliphatic carbocycles. The normalized spacial score (nSPS) is 11.9. The lowest BCUT2D eigenvalue weighted by atomic mass is 9.93. The molecule has 0 bridgehead atoms. The Hall–Kier alpha value is -8.76. The molecule has 2 nitrogen and oxygen atoms in total. The van der Waals surface area contributed by atoms with Crippen LogP contribution in [0, 0.1) is 0 Å². The van der Waals surface area contributed by atoms with Gasteiger partial charge in [-0.15, -0.1) is 11.3 Å². The molecular formula is C66H41NOS. The maximum atomic E-state index is 6.80. The highest BCUT2D eigenvalue weighted by molar-refractivity contribution is 7.25. The molecule has 0 spiro atoms. The number of benzene rings is 11. The van der Waals surface area contributed by atoms with Crippen molar-refractivity contribution in [2.75, 3.05) is 4.90 Å². The van der Waals surface area contributed by atoms with Crippen LogP contribution in [0.1, 0.15) is 0 Å². The van der Waals surface area contributed by atoms with Crippen LogP contribution in [0.4, 0.5) is 17.1 Å². The number of fused-ring (bicyclic) bond motifs is 18. The van der Waals surface area contributed by atoms with Crippen molar-refractivity contribution >= 4 is 102 Å². The summed E-state index contributed by atoms with van der Waals surface area (Å²) in [6.45, 7) is 0. The van der Waals surface area contributed by atoms with Gasteiger partial charge >= 0.3 is 0 Å². The minimum atomic E-state index is 0.829. The average molecular weight is 896 g/mol. The Morgan fingerprint density at radius 1 is 0.261 bits per heavy atom. The maximum Gasteiger partial charge on any atom is 0.135 e. The number of nitrogens with zero attached hydrogens (tertiary/aromatic N) is 1. The van der Waals surface area contributed by atoms with Crippen LogP contribution in [-0.2, 0) is 0 Å². The van der Waals surface area contributed by atoms with Gasteiger partial charge in [-0.3, -0.25) is 0 Å². The summed E-state index contributed by atoms with van der Waals surface area (Å²) >= 11 is 1.87. The SMILES string of the molecule is c1ccc(-c2ccccc2N(c2ccc3c(c2)-c2ccccc2-c2ccccc2O3)c2ccc3c(c2)c2ccccc2c2ccccc2c2ccccc2c2cc4c(cc32)sc2ccccc24)cc1. The maximum absolute atomic E-state index is 6.80. The molecule has 0 unspecified atom stereocenters. The van der Waals surface area contributed by atoms with E-state index in [1.165, 1.54) is 74.0 Å². The molecule has 14 rings (SSSR count). The molecule has 1 aliphatic rings. The standard InChI is InChI=1S/C66H41NOS/c1-2-18-42(19-3-1)45-20-12-15-31-62(45)67(44-35-37-64-60(39-44)53-28-11-8-25-50(53)55-29-13-16-32-63(55)68-64)43-34-36-54-57(38-43)51-26-9-6-23-48(51)46-21-4-5-22-47(46)49-24-7-10-27-52(49)58-40-61-56-30-14-17-33-65(56)69-66(61)41-59(54)58/h1-41H. The number of rotatable bonds is 4. The lowest BCUT2D eigenvalue weighted by Gasteiger charge is -2.29. The van der Waals surface area contributed by atoms with Gasteiger partial charge < -0.3 is 9.64 Å². The molecule has 1 aromatic heterocycles. The van der Waals surface area contributed by atoms with Crippen molar-refractivity contribution in [2.45, 2.75) is 0 Å². The summed E-state index contributed by atoms with van der Waals surface area (Å²) in [5.41, 5.74) is 9.86. The summed E-state index contributed by atoms with van der Waals surface area (Å²) in [4.78, 5) is 2.45. The Balaban J connectivity index is 1.13. The van der Waals surface area contributed by atoms with Gasteiger partial charge in [0.15, 0.2) is 0 Å². The molecule has 0 fully saturated rings. The number of hydrogen-bond donors (Lipinski definition) is 0. The number of hydrogen-bond acceptors (Lipinski definition) is 3. The Labute approximate surface area is 403 Å². The van der Waals surface area contributed by atoms with E-state index >= 15 is 0 Å². The molecule has 0 N–H and O–H groups in total. The molecule has 2 heterocycles. The zero-order chi connectivity index (χ0) is 45.4. The van der Waals surface area contributed by atoms with E-state index in [4.69, 9.17) is 4.74 Å². The smallest absolute Gasteiger partial charge is 0.135 e. The molecule has 0 saturated heterocycles. The lowest BCUT2D eigenvalue weighted by molar-refractivity contribution is 0.488. The lowest BCUT2D eigenvalue weighted by Crippen LogP contribution is -2.11. The van der Waals surface area contributed by atoms with Crippen LogP contribution in [0.15, 0.2) is 249 Å². The van der Waals surface area contributed by atoms with Gasteiger partial charge in [-0.2, -0.15) is 0 Å². The van der Waals surface area contributed by atoms with Gasteiger partial charge in [-0.1, -0.05) is 188 Å². The highest BCUT2D eigenvalue weighted by Gasteiger charge is 2.24. The molecule has 1 aliphatic heterocycles. The van der Waals surface area contributed by atoms with Crippen LogP contribution in [0.25, 0.3) is 107 Å². The van der Waals surface area contributed by atoms with Crippen molar-refractivity contribution in [1.82, 2.24) is 0 Å². The first-order valence-corrected chi connectivity index (χ1v) is 24.4. The van der Waals surface area contributed by atoms with Gasteiger partial charge in [0.25, 0.3) is 0 Å². The third-order valence-electron chi connectivity index (χ3n) is 14.1. The minimum Gasteiger partial charge on any atom is -0.456 e. The van der Waals surface area contributed by atoms with Crippen molar-refractivity contribution in [3.63, 3.8) is 0 Å². The third-order valence-corrected chi connectivity index (χ3v) is 15.2. The van der Waals surface area contributed by atoms with Gasteiger partial charge in [0, 0.05) is 48.2 Å². The fraction of sp³-hybridized carbons (Fsp3) is 0. The number of thiophene rings is 1. The first kappa shape index (κ1) is 39.4. The van der Waals surface area contributed by atoms with Crippen molar-refractivity contribution in [2.24, 2.45) is 0 Å². The largest absolute Gasteiger partial charge is 0.456 e. The predicted octanol–water partition coefficient (Wildman–Crippen LogP) is 19.5. The Morgan fingerprint density at radius 3 is 1.42 bits per heavy atom. The molecule has 0 radical (unpaired) electrons. The van der Waals surface area contributed by atoms with Crippen LogP contribution in [0.5, 0.6) is 11.5 Å². The molecular weight excluding hydrogens is 855 g/mol. The summed E-state index contributed by atoms with van der Waals surface area (Å²) in [7, 11) is 0. The molecule has 69 heavy (non-hydrogen) atoms. The van der Waals surface area contributed by atoms with Gasteiger partial charge in [-0.05, 0) is 131 Å². The topological polar surface area (TPSA) is 12.5 Å². The Morgan fingerprint density at radius 2 is 0.725 bits per heavy atom. The molecule has 13 aromatic rings. The molecule has 12 aromatic carbocycles. The Bertz CT molecular complexity index is 4300. The van der Waals surface area contributed by atoms with Crippen LogP contribution in [0.3, 0.4) is 0 Å². The fourth-order valence-electron chi connectivity index (χ4n) is 11.0. The number of anilines is 3. The van der Waals surface area contributed by atoms with E-state index in [2.05, 4.69) is 248 Å². The van der Waals surface area contributed by atoms with Crippen LogP contribution < -0.4 is 9.64 Å². The summed E-state index contributed by atoms with van der Waals surface area (Å²) in [6.07, 6.45) is 0. The van der Waals surface area contributed by atoms with Gasteiger partial charge in [0.05, 0.1) is 5.69 Å². The molecule has 322 valence electrons. The number of para-hydroxylation sites is 2. The second kappa shape index (κ2) is 16.0. The zero-order valence-electron chi connectivity index (χ0n) is 37.4. The minimum absolute atomic E-state index is 0.829. The van der Waals surface area contributed by atoms with E-state index < -0.39 is 0 Å². The summed E-state index contributed by atoms with van der Waals surface area (Å²) < 4.78 is 9.38. The van der Waals surface area contributed by atoms with Crippen LogP contribution in [-0.4, -0.2) is 0 Å². The van der Waals surface area contributed by atoms with E-state index in [1.807, 2.05) is 17.4 Å². The van der Waals surface area contributed by atoms with E-state index in [1.54, 1.807) is 0 Å². The number of ether oxygens (including phenoxy) is 1. The summed E-state index contributed by atoms with van der Waals surface area (Å²) in [5, 5.41) is 14.6. The van der Waals surface area contributed by atoms with Gasteiger partial charge in [-0.25, -0.2) is 0 Å². The molecule has 0 saturated carbocycles. The second-order valence-electron chi connectivity index (χ2n) is 17.9. The zero-order valence-corrected chi connectivity index (χ0v) is 38.3. The van der Waals surface area contributed by atoms with E-state index in [0.29, 0.717) is 0 Å². The second-order valence-corrected chi connectivity index (χ2v) is 19.0. The van der Waals surface area contributed by atoms with Crippen molar-refractivity contribution in [1.29, 1.82) is 0 Å². The van der Waals surface area contributed by atoms with Crippen molar-refractivity contribution in [3.8, 4) is 44.9 Å². The van der Waals surface area contributed by atoms with Gasteiger partial charge in [0.1, 0.15) is 11.5 Å².